The van der Waals surface area contributed by atoms with E-state index in [0.29, 0.717) is 25.8 Å². The normalized spacial score (nSPS) is 17.0. The van der Waals surface area contributed by atoms with E-state index >= 15 is 0 Å². The Balaban J connectivity index is 1.93. The topological polar surface area (TPSA) is 50.7 Å². The molecule has 0 bridgehead atoms. The molecule has 0 saturated carbocycles. The minimum atomic E-state index is -0.518. The fourth-order valence-corrected chi connectivity index (χ4v) is 2.23. The van der Waals surface area contributed by atoms with Crippen molar-refractivity contribution in [2.45, 2.75) is 38.8 Å². The average molecular weight is 265 g/mol. The molecule has 0 radical (unpaired) electrons. The molecule has 0 aromatic heterocycles. The Morgan fingerprint density at radius 1 is 1.26 bits per heavy atom. The summed E-state index contributed by atoms with van der Waals surface area (Å²) in [7, 11) is 0. The number of benzene rings is 1. The highest BCUT2D eigenvalue weighted by molar-refractivity contribution is 5.44. The molecule has 4 heteroatoms. The Kier molecular flexibility index (Phi) is 5.05. The molecule has 1 aromatic carbocycles. The number of hydrogen-bond acceptors (Lipinski definition) is 4. The van der Waals surface area contributed by atoms with Crippen LogP contribution in [0.5, 0.6) is 11.5 Å². The highest BCUT2D eigenvalue weighted by Crippen LogP contribution is 2.32. The fourth-order valence-electron chi connectivity index (χ4n) is 2.23. The van der Waals surface area contributed by atoms with Crippen LogP contribution in [-0.4, -0.2) is 30.9 Å². The van der Waals surface area contributed by atoms with Crippen LogP contribution in [0, 0.1) is 0 Å². The molecular formula is C15H23NO3. The number of fused-ring (bicyclic) bond motifs is 1. The summed E-state index contributed by atoms with van der Waals surface area (Å²) in [4.78, 5) is 0. The smallest absolute Gasteiger partial charge is 0.161 e. The van der Waals surface area contributed by atoms with Crippen molar-refractivity contribution < 1.29 is 14.6 Å². The molecule has 1 aromatic rings. The van der Waals surface area contributed by atoms with E-state index in [9.17, 15) is 5.11 Å². The van der Waals surface area contributed by atoms with Gasteiger partial charge in [-0.25, -0.2) is 0 Å². The van der Waals surface area contributed by atoms with Crippen LogP contribution >= 0.6 is 0 Å². The van der Waals surface area contributed by atoms with E-state index in [2.05, 4.69) is 19.2 Å². The van der Waals surface area contributed by atoms with Gasteiger partial charge in [0.1, 0.15) is 13.2 Å². The highest BCUT2D eigenvalue weighted by Gasteiger charge is 2.15. The van der Waals surface area contributed by atoms with E-state index in [1.165, 1.54) is 0 Å². The SMILES string of the molecule is CCC[C@H](C)NC[C@@H](O)c1ccc2c(c1)OCCO2. The average Bonchev–Trinajstić information content (AvgIpc) is 2.44. The maximum atomic E-state index is 10.2. The van der Waals surface area contributed by atoms with Crippen LogP contribution in [0.1, 0.15) is 38.4 Å². The summed E-state index contributed by atoms with van der Waals surface area (Å²) in [5.41, 5.74) is 0.862. The van der Waals surface area contributed by atoms with Crippen molar-refractivity contribution in [2.75, 3.05) is 19.8 Å². The standard InChI is InChI=1S/C15H23NO3/c1-3-4-11(2)16-10-13(17)12-5-6-14-15(9-12)19-8-7-18-14/h5-6,9,11,13,16-17H,3-4,7-8,10H2,1-2H3/t11-,13+/m0/s1. The molecule has 106 valence electrons. The lowest BCUT2D eigenvalue weighted by atomic mass is 10.1. The fraction of sp³-hybridized carbons (Fsp3) is 0.600. The van der Waals surface area contributed by atoms with Gasteiger partial charge < -0.3 is 19.9 Å². The first-order valence-corrected chi connectivity index (χ1v) is 7.01. The molecule has 2 rings (SSSR count). The first kappa shape index (κ1) is 14.2. The van der Waals surface area contributed by atoms with Gasteiger partial charge >= 0.3 is 0 Å². The van der Waals surface area contributed by atoms with Gasteiger partial charge in [0.15, 0.2) is 11.5 Å². The van der Waals surface area contributed by atoms with Crippen molar-refractivity contribution in [3.63, 3.8) is 0 Å². The zero-order chi connectivity index (χ0) is 13.7. The summed E-state index contributed by atoms with van der Waals surface area (Å²) in [6.45, 7) is 6.01. The van der Waals surface area contributed by atoms with Crippen LogP contribution in [0.15, 0.2) is 18.2 Å². The number of rotatable bonds is 6. The molecular weight excluding hydrogens is 242 g/mol. The summed E-state index contributed by atoms with van der Waals surface area (Å²) >= 11 is 0. The third kappa shape index (κ3) is 3.85. The summed E-state index contributed by atoms with van der Waals surface area (Å²) in [5.74, 6) is 1.49. The number of hydrogen-bond donors (Lipinski definition) is 2. The van der Waals surface area contributed by atoms with E-state index < -0.39 is 6.10 Å². The number of ether oxygens (including phenoxy) is 2. The van der Waals surface area contributed by atoms with E-state index in [4.69, 9.17) is 9.47 Å². The third-order valence-electron chi connectivity index (χ3n) is 3.33. The van der Waals surface area contributed by atoms with Crippen LogP contribution in [0.4, 0.5) is 0 Å². The molecule has 0 saturated heterocycles. The Morgan fingerprint density at radius 2 is 2.00 bits per heavy atom. The van der Waals surface area contributed by atoms with Crippen molar-refractivity contribution in [1.29, 1.82) is 0 Å². The van der Waals surface area contributed by atoms with Crippen molar-refractivity contribution in [3.05, 3.63) is 23.8 Å². The maximum absolute atomic E-state index is 10.2. The second-order valence-corrected chi connectivity index (χ2v) is 5.02. The lowest BCUT2D eigenvalue weighted by Gasteiger charge is -2.21. The van der Waals surface area contributed by atoms with Gasteiger partial charge in [-0.05, 0) is 31.0 Å². The van der Waals surface area contributed by atoms with Crippen LogP contribution in [0.2, 0.25) is 0 Å². The van der Waals surface area contributed by atoms with Gasteiger partial charge in [-0.1, -0.05) is 19.4 Å². The van der Waals surface area contributed by atoms with E-state index in [1.54, 1.807) is 0 Å². The van der Waals surface area contributed by atoms with Crippen molar-refractivity contribution >= 4 is 0 Å². The molecule has 1 aliphatic heterocycles. The zero-order valence-electron chi connectivity index (χ0n) is 11.7. The Morgan fingerprint density at radius 3 is 2.74 bits per heavy atom. The first-order valence-electron chi connectivity index (χ1n) is 7.01. The van der Waals surface area contributed by atoms with Gasteiger partial charge in [-0.15, -0.1) is 0 Å². The quantitative estimate of drug-likeness (QED) is 0.828. The monoisotopic (exact) mass is 265 g/mol. The third-order valence-corrected chi connectivity index (χ3v) is 3.33. The van der Waals surface area contributed by atoms with Crippen LogP contribution in [0.25, 0.3) is 0 Å². The molecule has 2 atom stereocenters. The van der Waals surface area contributed by atoms with Crippen LogP contribution < -0.4 is 14.8 Å². The number of nitrogens with one attached hydrogen (secondary N) is 1. The van der Waals surface area contributed by atoms with Gasteiger partial charge in [-0.3, -0.25) is 0 Å². The van der Waals surface area contributed by atoms with Crippen LogP contribution in [-0.2, 0) is 0 Å². The first-order chi connectivity index (χ1) is 9.20. The van der Waals surface area contributed by atoms with Gasteiger partial charge in [0.05, 0.1) is 6.10 Å². The zero-order valence-corrected chi connectivity index (χ0v) is 11.7. The minimum Gasteiger partial charge on any atom is -0.486 e. The molecule has 4 nitrogen and oxygen atoms in total. The molecule has 1 heterocycles. The Bertz CT molecular complexity index is 408. The highest BCUT2D eigenvalue weighted by atomic mass is 16.6. The van der Waals surface area contributed by atoms with Gasteiger partial charge in [0.25, 0.3) is 0 Å². The largest absolute Gasteiger partial charge is 0.486 e. The van der Waals surface area contributed by atoms with Crippen LogP contribution in [0.3, 0.4) is 0 Å². The predicted molar refractivity (Wildman–Crippen MR) is 74.8 cm³/mol. The molecule has 1 aliphatic rings. The van der Waals surface area contributed by atoms with Crippen molar-refractivity contribution in [1.82, 2.24) is 5.32 Å². The van der Waals surface area contributed by atoms with Gasteiger partial charge in [-0.2, -0.15) is 0 Å². The van der Waals surface area contributed by atoms with Gasteiger partial charge in [0.2, 0.25) is 0 Å². The Labute approximate surface area is 114 Å². The van der Waals surface area contributed by atoms with E-state index in [1.807, 2.05) is 18.2 Å². The number of aliphatic hydroxyl groups excluding tert-OH is 1. The lowest BCUT2D eigenvalue weighted by Crippen LogP contribution is -2.30. The summed E-state index contributed by atoms with van der Waals surface area (Å²) < 4.78 is 11.0. The molecule has 0 unspecified atom stereocenters. The predicted octanol–water partition coefficient (Wildman–Crippen LogP) is 2.27. The molecule has 0 fully saturated rings. The van der Waals surface area contributed by atoms with E-state index in [-0.39, 0.29) is 0 Å². The molecule has 2 N–H and O–H groups in total. The second kappa shape index (κ2) is 6.78. The molecule has 0 amide bonds. The molecule has 0 aliphatic carbocycles. The van der Waals surface area contributed by atoms with E-state index in [0.717, 1.165) is 29.9 Å². The summed E-state index contributed by atoms with van der Waals surface area (Å²) in [6.07, 6.45) is 1.75. The van der Waals surface area contributed by atoms with Crippen molar-refractivity contribution in [2.24, 2.45) is 0 Å². The van der Waals surface area contributed by atoms with Crippen molar-refractivity contribution in [3.8, 4) is 11.5 Å². The minimum absolute atomic E-state index is 0.428. The van der Waals surface area contributed by atoms with Gasteiger partial charge in [0, 0.05) is 12.6 Å². The summed E-state index contributed by atoms with van der Waals surface area (Å²) in [6, 6.07) is 6.05. The maximum Gasteiger partial charge on any atom is 0.161 e. The molecule has 19 heavy (non-hydrogen) atoms. The number of aliphatic hydroxyl groups is 1. The Hall–Kier alpha value is -1.26. The molecule has 0 spiro atoms. The summed E-state index contributed by atoms with van der Waals surface area (Å²) in [5, 5.41) is 13.5. The second-order valence-electron chi connectivity index (χ2n) is 5.02. The lowest BCUT2D eigenvalue weighted by molar-refractivity contribution is 0.161.